The van der Waals surface area contributed by atoms with Crippen LogP contribution in [0.4, 0.5) is 0 Å². The minimum atomic E-state index is -3.18. The summed E-state index contributed by atoms with van der Waals surface area (Å²) in [5, 5.41) is 13.7. The maximum atomic E-state index is 12.6. The van der Waals surface area contributed by atoms with Crippen molar-refractivity contribution in [3.8, 4) is 34.7 Å². The van der Waals surface area contributed by atoms with Crippen LogP contribution in [0.25, 0.3) is 22.8 Å². The molecule has 10 heteroatoms. The lowest BCUT2D eigenvalue weighted by Crippen LogP contribution is -2.32. The monoisotopic (exact) mass is 506 g/mol. The highest BCUT2D eigenvalue weighted by Crippen LogP contribution is 2.49. The molecule has 3 aromatic rings. The van der Waals surface area contributed by atoms with E-state index in [4.69, 9.17) is 9.26 Å². The molecule has 0 spiro atoms. The van der Waals surface area contributed by atoms with Crippen LogP contribution >= 0.6 is 0 Å². The van der Waals surface area contributed by atoms with Crippen LogP contribution in [0.5, 0.6) is 5.75 Å². The van der Waals surface area contributed by atoms with Gasteiger partial charge in [-0.1, -0.05) is 23.4 Å². The number of carbonyl (C=O) groups is 1. The molecule has 0 unspecified atom stereocenters. The fourth-order valence-electron chi connectivity index (χ4n) is 5.13. The zero-order valence-corrected chi connectivity index (χ0v) is 21.1. The summed E-state index contributed by atoms with van der Waals surface area (Å²) in [5.74, 6) is 1.24. The molecule has 2 heterocycles. The first-order valence-electron chi connectivity index (χ1n) is 11.8. The summed E-state index contributed by atoms with van der Waals surface area (Å²) in [4.78, 5) is 18.9. The number of carbonyl (C=O) groups excluding carboxylic acids is 1. The largest absolute Gasteiger partial charge is 0.490 e. The lowest BCUT2D eigenvalue weighted by molar-refractivity contribution is -0.128. The average molecular weight is 507 g/mol. The van der Waals surface area contributed by atoms with Crippen LogP contribution < -0.4 is 4.74 Å². The fraction of sp³-hybridized carbons (Fsp3) is 0.385. The number of hydrogen-bond donors (Lipinski definition) is 0. The zero-order valence-electron chi connectivity index (χ0n) is 20.3. The predicted molar refractivity (Wildman–Crippen MR) is 132 cm³/mol. The molecule has 2 aromatic carbocycles. The number of hydrogen-bond acceptors (Lipinski definition) is 8. The molecule has 1 amide bonds. The minimum Gasteiger partial charge on any atom is -0.490 e. The van der Waals surface area contributed by atoms with E-state index in [-0.39, 0.29) is 36.3 Å². The maximum Gasteiger partial charge on any atom is 0.258 e. The first kappa shape index (κ1) is 24.0. The number of rotatable bonds is 7. The Kier molecular flexibility index (Phi) is 6.04. The number of sulfone groups is 1. The van der Waals surface area contributed by atoms with Crippen molar-refractivity contribution >= 4 is 15.7 Å². The summed E-state index contributed by atoms with van der Waals surface area (Å²) in [6.07, 6.45) is 2.20. The number of nitrogens with zero attached hydrogens (tertiary/aromatic N) is 4. The number of benzene rings is 2. The highest BCUT2D eigenvalue weighted by atomic mass is 32.2. The van der Waals surface area contributed by atoms with Gasteiger partial charge in [-0.25, -0.2) is 8.42 Å². The SMILES string of the molecule is CC(C)Oc1ccc(-c2nc(-c3cccc4c3C[C@@H]3CC(=O)N(CCS(C)(=O)=O)[C@H]43)no2)cc1C#N. The van der Waals surface area contributed by atoms with E-state index in [1.54, 1.807) is 23.1 Å². The third-order valence-corrected chi connectivity index (χ3v) is 7.54. The number of fused-ring (bicyclic) bond motifs is 3. The number of aromatic nitrogens is 2. The minimum absolute atomic E-state index is 0.00950. The van der Waals surface area contributed by atoms with Crippen molar-refractivity contribution in [3.05, 3.63) is 53.1 Å². The summed E-state index contributed by atoms with van der Waals surface area (Å²) >= 11 is 0. The Labute approximate surface area is 209 Å². The van der Waals surface area contributed by atoms with E-state index in [9.17, 15) is 18.5 Å². The quantitative estimate of drug-likeness (QED) is 0.476. The second-order valence-corrected chi connectivity index (χ2v) is 11.9. The topological polar surface area (TPSA) is 126 Å². The maximum absolute atomic E-state index is 12.6. The molecule has 1 aliphatic heterocycles. The van der Waals surface area contributed by atoms with Crippen molar-refractivity contribution in [2.75, 3.05) is 18.6 Å². The van der Waals surface area contributed by atoms with Gasteiger partial charge in [0, 0.05) is 30.3 Å². The Morgan fingerprint density at radius 2 is 2.06 bits per heavy atom. The molecule has 0 saturated carbocycles. The summed E-state index contributed by atoms with van der Waals surface area (Å²) in [7, 11) is -3.18. The van der Waals surface area contributed by atoms with Crippen LogP contribution in [0.3, 0.4) is 0 Å². The van der Waals surface area contributed by atoms with Crippen LogP contribution in [-0.4, -0.2) is 54.0 Å². The summed E-state index contributed by atoms with van der Waals surface area (Å²) in [6, 6.07) is 13.0. The summed E-state index contributed by atoms with van der Waals surface area (Å²) < 4.78 is 34.7. The second kappa shape index (κ2) is 9.06. The van der Waals surface area contributed by atoms with Crippen LogP contribution in [0.2, 0.25) is 0 Å². The van der Waals surface area contributed by atoms with Crippen molar-refractivity contribution in [2.24, 2.45) is 5.92 Å². The first-order chi connectivity index (χ1) is 17.1. The predicted octanol–water partition coefficient (Wildman–Crippen LogP) is 3.55. The third-order valence-electron chi connectivity index (χ3n) is 6.62. The molecule has 1 aromatic heterocycles. The van der Waals surface area contributed by atoms with E-state index in [1.165, 1.54) is 6.26 Å². The van der Waals surface area contributed by atoms with Crippen LogP contribution in [0, 0.1) is 17.2 Å². The Hall–Kier alpha value is -3.71. The van der Waals surface area contributed by atoms with Crippen LogP contribution in [-0.2, 0) is 21.1 Å². The van der Waals surface area contributed by atoms with Gasteiger partial charge in [0.25, 0.3) is 5.89 Å². The molecule has 2 aliphatic rings. The van der Waals surface area contributed by atoms with Gasteiger partial charge in [0.05, 0.1) is 23.5 Å². The van der Waals surface area contributed by atoms with Gasteiger partial charge >= 0.3 is 0 Å². The number of nitriles is 1. The fourth-order valence-corrected chi connectivity index (χ4v) is 5.66. The Bertz CT molecular complexity index is 1490. The van der Waals surface area contributed by atoms with Gasteiger partial charge in [0.1, 0.15) is 21.7 Å². The second-order valence-electron chi connectivity index (χ2n) is 9.62. The lowest BCUT2D eigenvalue weighted by Gasteiger charge is -2.25. The third kappa shape index (κ3) is 4.46. The Morgan fingerprint density at radius 1 is 1.25 bits per heavy atom. The molecule has 36 heavy (non-hydrogen) atoms. The molecule has 1 saturated heterocycles. The zero-order chi connectivity index (χ0) is 25.6. The molecule has 2 atom stereocenters. The van der Waals surface area contributed by atoms with Crippen molar-refractivity contribution in [2.45, 2.75) is 38.8 Å². The molecule has 0 radical (unpaired) electrons. The molecular weight excluding hydrogens is 480 g/mol. The molecule has 1 fully saturated rings. The van der Waals surface area contributed by atoms with E-state index in [0.29, 0.717) is 41.4 Å². The van der Waals surface area contributed by atoms with E-state index < -0.39 is 9.84 Å². The van der Waals surface area contributed by atoms with Gasteiger partial charge in [-0.15, -0.1) is 0 Å². The van der Waals surface area contributed by atoms with Crippen LogP contribution in [0.1, 0.15) is 43.0 Å². The highest BCUT2D eigenvalue weighted by molar-refractivity contribution is 7.90. The smallest absolute Gasteiger partial charge is 0.258 e. The van der Waals surface area contributed by atoms with Crippen molar-refractivity contribution in [1.82, 2.24) is 15.0 Å². The van der Waals surface area contributed by atoms with Crippen molar-refractivity contribution < 1.29 is 22.5 Å². The van der Waals surface area contributed by atoms with E-state index in [0.717, 1.165) is 16.7 Å². The van der Waals surface area contributed by atoms with E-state index in [1.807, 2.05) is 32.0 Å². The molecule has 5 rings (SSSR count). The van der Waals surface area contributed by atoms with Crippen LogP contribution in [0.15, 0.2) is 40.9 Å². The molecule has 0 bridgehead atoms. The van der Waals surface area contributed by atoms with E-state index >= 15 is 0 Å². The lowest BCUT2D eigenvalue weighted by atomic mass is 10.0. The Morgan fingerprint density at radius 3 is 2.78 bits per heavy atom. The van der Waals surface area contributed by atoms with Gasteiger partial charge in [0.2, 0.25) is 11.7 Å². The Balaban J connectivity index is 1.45. The number of likely N-dealkylation sites (tertiary alicyclic amines) is 1. The molecule has 9 nitrogen and oxygen atoms in total. The van der Waals surface area contributed by atoms with Gasteiger partial charge in [0.15, 0.2) is 0 Å². The average Bonchev–Trinajstić information content (AvgIpc) is 3.51. The van der Waals surface area contributed by atoms with Gasteiger partial charge in [-0.3, -0.25) is 4.79 Å². The normalized spacial score (nSPS) is 18.9. The van der Waals surface area contributed by atoms with E-state index in [2.05, 4.69) is 16.2 Å². The van der Waals surface area contributed by atoms with Gasteiger partial charge < -0.3 is 14.2 Å². The summed E-state index contributed by atoms with van der Waals surface area (Å²) in [6.45, 7) is 3.98. The molecule has 0 N–H and O–H groups in total. The van der Waals surface area contributed by atoms with Crippen molar-refractivity contribution in [1.29, 1.82) is 5.26 Å². The van der Waals surface area contributed by atoms with Crippen molar-refractivity contribution in [3.63, 3.8) is 0 Å². The standard InChI is InChI=1S/C26H26N4O5S/c1-15(2)34-22-8-7-16(11-18(22)14-27)26-28-25(29-35-26)20-6-4-5-19-21(20)12-17-13-23(31)30(24(17)19)9-10-36(3,32)33/h4-8,11,15,17,24H,9-10,12-13H2,1-3H3/t17-,24+/m1/s1. The molecule has 186 valence electrons. The highest BCUT2D eigenvalue weighted by Gasteiger charge is 2.46. The summed E-state index contributed by atoms with van der Waals surface area (Å²) in [5.41, 5.74) is 3.88. The number of amides is 1. The van der Waals surface area contributed by atoms with Gasteiger partial charge in [-0.2, -0.15) is 10.2 Å². The first-order valence-corrected chi connectivity index (χ1v) is 13.8. The molecule has 1 aliphatic carbocycles. The number of ether oxygens (including phenoxy) is 1. The van der Waals surface area contributed by atoms with Gasteiger partial charge in [-0.05, 0) is 55.5 Å². The molecular formula is C26H26N4O5S.